The van der Waals surface area contributed by atoms with E-state index < -0.39 is 0 Å². The van der Waals surface area contributed by atoms with Gasteiger partial charge in [-0.3, -0.25) is 4.79 Å². The van der Waals surface area contributed by atoms with Crippen LogP contribution in [0.1, 0.15) is 31.2 Å². The highest BCUT2D eigenvalue weighted by Crippen LogP contribution is 2.26. The zero-order chi connectivity index (χ0) is 15.2. The molecule has 21 heavy (non-hydrogen) atoms. The van der Waals surface area contributed by atoms with Gasteiger partial charge in [0.05, 0.1) is 0 Å². The van der Waals surface area contributed by atoms with Crippen LogP contribution in [0.4, 0.5) is 0 Å². The van der Waals surface area contributed by atoms with Crippen molar-refractivity contribution in [1.29, 1.82) is 0 Å². The van der Waals surface area contributed by atoms with E-state index in [4.69, 9.17) is 28.3 Å². The lowest BCUT2D eigenvalue weighted by atomic mass is 10.1. The summed E-state index contributed by atoms with van der Waals surface area (Å²) in [6, 6.07) is 5.50. The van der Waals surface area contributed by atoms with Crippen LogP contribution in [-0.2, 0) is 4.79 Å². The first-order valence-corrected chi connectivity index (χ1v) is 7.92. The third-order valence-corrected chi connectivity index (χ3v) is 4.41. The van der Waals surface area contributed by atoms with Crippen molar-refractivity contribution < 1.29 is 9.90 Å². The molecule has 3 nitrogen and oxygen atoms in total. The van der Waals surface area contributed by atoms with Crippen molar-refractivity contribution in [2.45, 2.75) is 31.7 Å². The van der Waals surface area contributed by atoms with Gasteiger partial charge in [-0.15, -0.1) is 0 Å². The highest BCUT2D eigenvalue weighted by molar-refractivity contribution is 6.37. The third kappa shape index (κ3) is 4.22. The number of nitrogens with zero attached hydrogens (tertiary/aromatic N) is 1. The number of carbonyl (C=O) groups is 1. The van der Waals surface area contributed by atoms with Gasteiger partial charge in [-0.2, -0.15) is 0 Å². The number of amides is 1. The van der Waals surface area contributed by atoms with Crippen molar-refractivity contribution in [1.82, 2.24) is 4.90 Å². The molecule has 1 atom stereocenters. The summed E-state index contributed by atoms with van der Waals surface area (Å²) in [5.41, 5.74) is 0.667. The van der Waals surface area contributed by atoms with Crippen molar-refractivity contribution in [3.8, 4) is 0 Å². The fraction of sp³-hybridized carbons (Fsp3) is 0.438. The van der Waals surface area contributed by atoms with E-state index in [0.29, 0.717) is 15.6 Å². The summed E-state index contributed by atoms with van der Waals surface area (Å²) in [4.78, 5) is 14.2. The fourth-order valence-electron chi connectivity index (χ4n) is 2.67. The molecule has 0 saturated carbocycles. The summed E-state index contributed by atoms with van der Waals surface area (Å²) < 4.78 is 0. The van der Waals surface area contributed by atoms with Gasteiger partial charge in [0.15, 0.2) is 0 Å². The molecule has 1 heterocycles. The molecule has 0 aromatic heterocycles. The van der Waals surface area contributed by atoms with Crippen molar-refractivity contribution in [3.63, 3.8) is 0 Å². The van der Waals surface area contributed by atoms with Crippen molar-refractivity contribution in [3.05, 3.63) is 39.9 Å². The summed E-state index contributed by atoms with van der Waals surface area (Å²) in [5, 5.41) is 9.98. The van der Waals surface area contributed by atoms with Crippen LogP contribution in [0.15, 0.2) is 24.3 Å². The molecular weight excluding hydrogens is 309 g/mol. The van der Waals surface area contributed by atoms with E-state index in [9.17, 15) is 4.79 Å². The lowest BCUT2D eigenvalue weighted by Crippen LogP contribution is -2.34. The maximum atomic E-state index is 12.3. The largest absolute Gasteiger partial charge is 0.396 e. The second-order valence-corrected chi connectivity index (χ2v) is 5.98. The first kappa shape index (κ1) is 16.3. The SMILES string of the molecule is O=C(C=Cc1c(Cl)cccc1Cl)N1CCCC1CCCO. The quantitative estimate of drug-likeness (QED) is 0.836. The summed E-state index contributed by atoms with van der Waals surface area (Å²) >= 11 is 12.2. The lowest BCUT2D eigenvalue weighted by Gasteiger charge is -2.23. The topological polar surface area (TPSA) is 40.5 Å². The van der Waals surface area contributed by atoms with E-state index in [1.807, 2.05) is 4.90 Å². The van der Waals surface area contributed by atoms with E-state index in [0.717, 1.165) is 32.2 Å². The molecule has 0 radical (unpaired) electrons. The van der Waals surface area contributed by atoms with E-state index in [2.05, 4.69) is 0 Å². The molecule has 0 bridgehead atoms. The number of carbonyl (C=O) groups excluding carboxylic acids is 1. The maximum Gasteiger partial charge on any atom is 0.246 e. The zero-order valence-electron chi connectivity index (χ0n) is 11.8. The van der Waals surface area contributed by atoms with Gasteiger partial charge in [0.2, 0.25) is 5.91 Å². The van der Waals surface area contributed by atoms with E-state index in [-0.39, 0.29) is 18.6 Å². The van der Waals surface area contributed by atoms with Gasteiger partial charge in [-0.1, -0.05) is 29.3 Å². The smallest absolute Gasteiger partial charge is 0.246 e. The molecule has 1 saturated heterocycles. The average molecular weight is 328 g/mol. The van der Waals surface area contributed by atoms with Gasteiger partial charge in [0.1, 0.15) is 0 Å². The predicted molar refractivity (Wildman–Crippen MR) is 86.6 cm³/mol. The summed E-state index contributed by atoms with van der Waals surface area (Å²) in [5.74, 6) is -0.0218. The van der Waals surface area contributed by atoms with E-state index in [1.54, 1.807) is 24.3 Å². The number of hydrogen-bond donors (Lipinski definition) is 1. The molecule has 1 unspecified atom stereocenters. The van der Waals surface area contributed by atoms with Crippen molar-refractivity contribution >= 4 is 35.2 Å². The predicted octanol–water partition coefficient (Wildman–Crippen LogP) is 3.77. The zero-order valence-corrected chi connectivity index (χ0v) is 13.3. The summed E-state index contributed by atoms with van der Waals surface area (Å²) in [6.45, 7) is 0.944. The molecule has 114 valence electrons. The first-order chi connectivity index (χ1) is 10.1. The molecule has 1 aliphatic heterocycles. The van der Waals surface area contributed by atoms with Gasteiger partial charge >= 0.3 is 0 Å². The Kier molecular flexibility index (Phi) is 6.09. The molecule has 0 aliphatic carbocycles. The van der Waals surface area contributed by atoms with Crippen LogP contribution in [0.5, 0.6) is 0 Å². The Bertz CT molecular complexity index is 511. The molecule has 2 rings (SSSR count). The van der Waals surface area contributed by atoms with Crippen LogP contribution in [0.3, 0.4) is 0 Å². The minimum absolute atomic E-state index is 0.0218. The normalized spacial score (nSPS) is 18.6. The van der Waals surface area contributed by atoms with Gasteiger partial charge in [-0.05, 0) is 43.9 Å². The maximum absolute atomic E-state index is 12.3. The Morgan fingerprint density at radius 3 is 2.76 bits per heavy atom. The molecule has 1 aliphatic rings. The highest BCUT2D eigenvalue weighted by atomic mass is 35.5. The van der Waals surface area contributed by atoms with Crippen LogP contribution in [0.2, 0.25) is 10.0 Å². The van der Waals surface area contributed by atoms with Crippen LogP contribution in [0.25, 0.3) is 6.08 Å². The molecule has 1 N–H and O–H groups in total. The van der Waals surface area contributed by atoms with Gasteiger partial charge in [-0.25, -0.2) is 0 Å². The molecule has 1 aromatic carbocycles. The first-order valence-electron chi connectivity index (χ1n) is 7.17. The average Bonchev–Trinajstić information content (AvgIpc) is 2.92. The Balaban J connectivity index is 2.05. The van der Waals surface area contributed by atoms with Crippen molar-refractivity contribution in [2.75, 3.05) is 13.2 Å². The van der Waals surface area contributed by atoms with Crippen LogP contribution < -0.4 is 0 Å². The Morgan fingerprint density at radius 2 is 2.10 bits per heavy atom. The summed E-state index contributed by atoms with van der Waals surface area (Å²) in [7, 11) is 0. The number of rotatable bonds is 5. The number of aliphatic hydroxyl groups excluding tert-OH is 1. The van der Waals surface area contributed by atoms with Gasteiger partial charge < -0.3 is 10.0 Å². The van der Waals surface area contributed by atoms with Crippen LogP contribution >= 0.6 is 23.2 Å². The number of halogens is 2. The molecule has 0 spiro atoms. The highest BCUT2D eigenvalue weighted by Gasteiger charge is 2.26. The third-order valence-electron chi connectivity index (χ3n) is 3.75. The minimum Gasteiger partial charge on any atom is -0.396 e. The number of hydrogen-bond acceptors (Lipinski definition) is 2. The molecule has 1 amide bonds. The van der Waals surface area contributed by atoms with Gasteiger partial charge in [0.25, 0.3) is 0 Å². The minimum atomic E-state index is -0.0218. The molecule has 5 heteroatoms. The Hall–Kier alpha value is -1.03. The van der Waals surface area contributed by atoms with Crippen LogP contribution in [-0.4, -0.2) is 35.1 Å². The number of benzene rings is 1. The second kappa shape index (κ2) is 7.83. The monoisotopic (exact) mass is 327 g/mol. The standard InChI is InChI=1S/C16H19Cl2NO2/c17-14-6-1-7-15(18)13(14)8-9-16(21)19-10-2-4-12(19)5-3-11-20/h1,6-9,12,20H,2-5,10-11H2. The molecule has 1 aromatic rings. The second-order valence-electron chi connectivity index (χ2n) is 5.16. The van der Waals surface area contributed by atoms with Crippen molar-refractivity contribution in [2.24, 2.45) is 0 Å². The molecular formula is C16H19Cl2NO2. The Labute approximate surface area is 135 Å². The summed E-state index contributed by atoms with van der Waals surface area (Å²) in [6.07, 6.45) is 6.81. The van der Waals surface area contributed by atoms with E-state index >= 15 is 0 Å². The molecule has 1 fully saturated rings. The number of aliphatic hydroxyl groups is 1. The Morgan fingerprint density at radius 1 is 1.38 bits per heavy atom. The number of likely N-dealkylation sites (tertiary alicyclic amines) is 1. The van der Waals surface area contributed by atoms with Gasteiger partial charge in [0, 0.05) is 40.9 Å². The van der Waals surface area contributed by atoms with Crippen LogP contribution in [0, 0.1) is 0 Å². The van der Waals surface area contributed by atoms with E-state index in [1.165, 1.54) is 6.08 Å². The lowest BCUT2D eigenvalue weighted by molar-refractivity contribution is -0.126. The fourth-order valence-corrected chi connectivity index (χ4v) is 3.20.